The number of hydrogen-bond acceptors (Lipinski definition) is 2. The van der Waals surface area contributed by atoms with Crippen molar-refractivity contribution in [3.63, 3.8) is 0 Å². The maximum Gasteiger partial charge on any atom is 0.127 e. The van der Waals surface area contributed by atoms with Gasteiger partial charge in [0.15, 0.2) is 0 Å². The Morgan fingerprint density at radius 1 is 1.40 bits per heavy atom. The van der Waals surface area contributed by atoms with Crippen LogP contribution in [0.15, 0.2) is 18.2 Å². The lowest BCUT2D eigenvalue weighted by Gasteiger charge is -2.18. The first-order chi connectivity index (χ1) is 7.40. The van der Waals surface area contributed by atoms with Gasteiger partial charge in [0.25, 0.3) is 0 Å². The number of rotatable bonds is 3. The fraction of sp³-hybridized carbons (Fsp3) is 0.538. The van der Waals surface area contributed by atoms with Crippen LogP contribution in [-0.4, -0.2) is 13.7 Å². The lowest BCUT2D eigenvalue weighted by molar-refractivity contribution is 0.347. The van der Waals surface area contributed by atoms with Crippen molar-refractivity contribution in [1.82, 2.24) is 5.32 Å². The zero-order valence-electron chi connectivity index (χ0n) is 9.12. The Labute approximate surface area is 90.6 Å². The topological polar surface area (TPSA) is 21.3 Å². The van der Waals surface area contributed by atoms with E-state index in [1.54, 1.807) is 0 Å². The predicted octanol–water partition coefficient (Wildman–Crippen LogP) is 2.29. The molecular formula is C13H17NO. The first kappa shape index (κ1) is 9.22. The van der Waals surface area contributed by atoms with Crippen LogP contribution in [0.1, 0.15) is 30.0 Å². The standard InChI is InChI=1S/C13H17NO/c1-14-12(9-5-6-9)11-4-2-3-10-7-8-15-13(10)11/h2-4,9,12,14H,5-8H2,1H3. The Hall–Kier alpha value is -1.02. The van der Waals surface area contributed by atoms with Crippen molar-refractivity contribution < 1.29 is 4.74 Å². The zero-order chi connectivity index (χ0) is 10.3. The molecule has 0 amide bonds. The number of nitrogens with one attached hydrogen (secondary N) is 1. The lowest BCUT2D eigenvalue weighted by atomic mass is 9.98. The molecule has 1 N–H and O–H groups in total. The molecule has 2 nitrogen and oxygen atoms in total. The van der Waals surface area contributed by atoms with Crippen LogP contribution in [0.5, 0.6) is 5.75 Å². The second kappa shape index (κ2) is 3.53. The summed E-state index contributed by atoms with van der Waals surface area (Å²) in [5.41, 5.74) is 2.75. The van der Waals surface area contributed by atoms with Crippen molar-refractivity contribution >= 4 is 0 Å². The SMILES string of the molecule is CNC(c1cccc2c1OCC2)C1CC1. The van der Waals surface area contributed by atoms with Gasteiger partial charge in [0.1, 0.15) is 5.75 Å². The third-order valence-electron chi connectivity index (χ3n) is 3.48. The summed E-state index contributed by atoms with van der Waals surface area (Å²) in [4.78, 5) is 0. The van der Waals surface area contributed by atoms with E-state index in [1.807, 2.05) is 0 Å². The van der Waals surface area contributed by atoms with E-state index in [0.29, 0.717) is 6.04 Å². The molecule has 1 fully saturated rings. The van der Waals surface area contributed by atoms with Gasteiger partial charge in [-0.25, -0.2) is 0 Å². The van der Waals surface area contributed by atoms with E-state index >= 15 is 0 Å². The molecule has 0 spiro atoms. The number of hydrogen-bond donors (Lipinski definition) is 1. The molecule has 0 radical (unpaired) electrons. The average molecular weight is 203 g/mol. The molecule has 15 heavy (non-hydrogen) atoms. The Morgan fingerprint density at radius 2 is 2.27 bits per heavy atom. The summed E-state index contributed by atoms with van der Waals surface area (Å²) >= 11 is 0. The van der Waals surface area contributed by atoms with Crippen LogP contribution in [0.4, 0.5) is 0 Å². The largest absolute Gasteiger partial charge is 0.493 e. The van der Waals surface area contributed by atoms with E-state index in [9.17, 15) is 0 Å². The highest BCUT2D eigenvalue weighted by Gasteiger charge is 2.34. The minimum absolute atomic E-state index is 0.498. The molecule has 1 aliphatic heterocycles. The first-order valence-electron chi connectivity index (χ1n) is 5.82. The Morgan fingerprint density at radius 3 is 3.00 bits per heavy atom. The van der Waals surface area contributed by atoms with Gasteiger partial charge in [-0.3, -0.25) is 0 Å². The van der Waals surface area contributed by atoms with E-state index in [1.165, 1.54) is 24.0 Å². The van der Waals surface area contributed by atoms with Crippen molar-refractivity contribution in [2.24, 2.45) is 5.92 Å². The van der Waals surface area contributed by atoms with Crippen molar-refractivity contribution in [2.45, 2.75) is 25.3 Å². The molecule has 1 aromatic rings. The molecule has 0 saturated heterocycles. The molecule has 0 bridgehead atoms. The van der Waals surface area contributed by atoms with Crippen molar-refractivity contribution in [3.8, 4) is 5.75 Å². The Balaban J connectivity index is 1.99. The van der Waals surface area contributed by atoms with Crippen LogP contribution in [0, 0.1) is 5.92 Å². The highest BCUT2D eigenvalue weighted by molar-refractivity contribution is 5.46. The highest BCUT2D eigenvalue weighted by Crippen LogP contribution is 2.45. The summed E-state index contributed by atoms with van der Waals surface area (Å²) in [6.07, 6.45) is 3.79. The lowest BCUT2D eigenvalue weighted by Crippen LogP contribution is -2.18. The summed E-state index contributed by atoms with van der Waals surface area (Å²) in [6.45, 7) is 0.855. The van der Waals surface area contributed by atoms with Crippen LogP contribution in [0.25, 0.3) is 0 Å². The minimum atomic E-state index is 0.498. The van der Waals surface area contributed by atoms with E-state index in [2.05, 4.69) is 30.6 Å². The van der Waals surface area contributed by atoms with Gasteiger partial charge in [-0.2, -0.15) is 0 Å². The van der Waals surface area contributed by atoms with Gasteiger partial charge in [0.2, 0.25) is 0 Å². The smallest absolute Gasteiger partial charge is 0.127 e. The molecule has 1 aliphatic carbocycles. The summed E-state index contributed by atoms with van der Waals surface area (Å²) < 4.78 is 5.75. The fourth-order valence-electron chi connectivity index (χ4n) is 2.56. The third-order valence-corrected chi connectivity index (χ3v) is 3.48. The van der Waals surface area contributed by atoms with Crippen molar-refractivity contribution in [2.75, 3.05) is 13.7 Å². The van der Waals surface area contributed by atoms with Crippen LogP contribution in [0.3, 0.4) is 0 Å². The molecule has 1 atom stereocenters. The molecule has 0 aromatic heterocycles. The number of fused-ring (bicyclic) bond motifs is 1. The summed E-state index contributed by atoms with van der Waals surface area (Å²) in [6, 6.07) is 7.06. The summed E-state index contributed by atoms with van der Waals surface area (Å²) in [5, 5.41) is 3.43. The monoisotopic (exact) mass is 203 g/mol. The van der Waals surface area contributed by atoms with E-state index in [-0.39, 0.29) is 0 Å². The second-order valence-electron chi connectivity index (χ2n) is 4.54. The molecule has 1 aromatic carbocycles. The van der Waals surface area contributed by atoms with Crippen LogP contribution in [-0.2, 0) is 6.42 Å². The molecule has 1 heterocycles. The molecule has 80 valence electrons. The predicted molar refractivity (Wildman–Crippen MR) is 60.2 cm³/mol. The van der Waals surface area contributed by atoms with Crippen LogP contribution >= 0.6 is 0 Å². The third kappa shape index (κ3) is 1.53. The quantitative estimate of drug-likeness (QED) is 0.813. The minimum Gasteiger partial charge on any atom is -0.493 e. The number of benzene rings is 1. The Bertz CT molecular complexity index is 371. The highest BCUT2D eigenvalue weighted by atomic mass is 16.5. The van der Waals surface area contributed by atoms with Gasteiger partial charge in [0, 0.05) is 18.0 Å². The van der Waals surface area contributed by atoms with Crippen molar-refractivity contribution in [3.05, 3.63) is 29.3 Å². The number of ether oxygens (including phenoxy) is 1. The molecule has 2 aliphatic rings. The summed E-state index contributed by atoms with van der Waals surface area (Å²) in [5.74, 6) is 1.98. The van der Waals surface area contributed by atoms with Gasteiger partial charge in [-0.15, -0.1) is 0 Å². The Kier molecular flexibility index (Phi) is 2.17. The van der Waals surface area contributed by atoms with Gasteiger partial charge in [0.05, 0.1) is 6.61 Å². The van der Waals surface area contributed by atoms with Gasteiger partial charge < -0.3 is 10.1 Å². The normalized spacial score (nSPS) is 20.9. The van der Waals surface area contributed by atoms with Gasteiger partial charge in [-0.05, 0) is 31.4 Å². The van der Waals surface area contributed by atoms with Gasteiger partial charge >= 0.3 is 0 Å². The van der Waals surface area contributed by atoms with Crippen molar-refractivity contribution in [1.29, 1.82) is 0 Å². The van der Waals surface area contributed by atoms with E-state index < -0.39 is 0 Å². The van der Waals surface area contributed by atoms with Gasteiger partial charge in [-0.1, -0.05) is 18.2 Å². The maximum atomic E-state index is 5.75. The summed E-state index contributed by atoms with van der Waals surface area (Å²) in [7, 11) is 2.05. The molecule has 1 unspecified atom stereocenters. The zero-order valence-corrected chi connectivity index (χ0v) is 9.12. The average Bonchev–Trinajstić information content (AvgIpc) is 2.97. The molecule has 1 saturated carbocycles. The molecule has 2 heteroatoms. The second-order valence-corrected chi connectivity index (χ2v) is 4.54. The van der Waals surface area contributed by atoms with Crippen LogP contribution < -0.4 is 10.1 Å². The molecular weight excluding hydrogens is 186 g/mol. The van der Waals surface area contributed by atoms with Crippen LogP contribution in [0.2, 0.25) is 0 Å². The maximum absolute atomic E-state index is 5.75. The van der Waals surface area contributed by atoms with E-state index in [4.69, 9.17) is 4.74 Å². The number of para-hydroxylation sites is 1. The fourth-order valence-corrected chi connectivity index (χ4v) is 2.56. The van der Waals surface area contributed by atoms with E-state index in [0.717, 1.165) is 24.7 Å². The first-order valence-corrected chi connectivity index (χ1v) is 5.82. The molecule has 3 rings (SSSR count).